The summed E-state index contributed by atoms with van der Waals surface area (Å²) in [6, 6.07) is 10.5. The molecule has 6 heteroatoms. The molecular formula is C16H16O6. The molecule has 0 bridgehead atoms. The van der Waals surface area contributed by atoms with Crippen molar-refractivity contribution in [2.75, 3.05) is 13.2 Å². The highest BCUT2D eigenvalue weighted by atomic mass is 16.7. The maximum absolute atomic E-state index is 11.6. The van der Waals surface area contributed by atoms with Crippen LogP contribution in [0.3, 0.4) is 0 Å². The minimum atomic E-state index is -0.869. The van der Waals surface area contributed by atoms with E-state index in [1.807, 2.05) is 12.1 Å². The molecule has 0 amide bonds. The van der Waals surface area contributed by atoms with Crippen LogP contribution in [-0.2, 0) is 9.47 Å². The molecule has 0 aromatic heterocycles. The Bertz CT molecular complexity index is 679. The monoisotopic (exact) mass is 304 g/mol. The summed E-state index contributed by atoms with van der Waals surface area (Å²) in [5, 5.41) is 1.45. The van der Waals surface area contributed by atoms with E-state index in [1.165, 1.54) is 6.07 Å². The van der Waals surface area contributed by atoms with E-state index < -0.39 is 12.3 Å². The maximum Gasteiger partial charge on any atom is 0.513 e. The number of carbonyl (C=O) groups excluding carboxylic acids is 2. The fraction of sp³-hybridized carbons (Fsp3) is 0.250. The van der Waals surface area contributed by atoms with Gasteiger partial charge in [-0.15, -0.1) is 0 Å². The van der Waals surface area contributed by atoms with Gasteiger partial charge in [0, 0.05) is 5.39 Å². The predicted octanol–water partition coefficient (Wildman–Crippen LogP) is 3.91. The molecule has 0 fully saturated rings. The van der Waals surface area contributed by atoms with Gasteiger partial charge in [-0.3, -0.25) is 0 Å². The molecule has 0 radical (unpaired) electrons. The van der Waals surface area contributed by atoms with Crippen LogP contribution in [0.25, 0.3) is 10.8 Å². The summed E-state index contributed by atoms with van der Waals surface area (Å²) in [5.74, 6) is 0.204. The minimum absolute atomic E-state index is 0.0882. The summed E-state index contributed by atoms with van der Waals surface area (Å²) in [7, 11) is 0. The van der Waals surface area contributed by atoms with Crippen LogP contribution in [0.4, 0.5) is 9.59 Å². The highest BCUT2D eigenvalue weighted by Crippen LogP contribution is 2.36. The summed E-state index contributed by atoms with van der Waals surface area (Å²) in [6.07, 6.45) is -1.74. The van der Waals surface area contributed by atoms with Crippen molar-refractivity contribution in [2.24, 2.45) is 0 Å². The van der Waals surface area contributed by atoms with Gasteiger partial charge in [-0.2, -0.15) is 0 Å². The molecule has 0 atom stereocenters. The summed E-state index contributed by atoms with van der Waals surface area (Å²) >= 11 is 0. The van der Waals surface area contributed by atoms with E-state index >= 15 is 0 Å². The summed E-state index contributed by atoms with van der Waals surface area (Å²) in [5.41, 5.74) is 0. The molecule has 0 N–H and O–H groups in total. The van der Waals surface area contributed by atoms with Gasteiger partial charge in [0.2, 0.25) is 0 Å². The van der Waals surface area contributed by atoms with Crippen molar-refractivity contribution >= 4 is 23.1 Å². The molecular weight excluding hydrogens is 288 g/mol. The van der Waals surface area contributed by atoms with E-state index in [-0.39, 0.29) is 24.7 Å². The number of benzene rings is 2. The van der Waals surface area contributed by atoms with E-state index in [0.29, 0.717) is 5.39 Å². The Morgan fingerprint density at radius 2 is 1.50 bits per heavy atom. The highest BCUT2D eigenvalue weighted by Gasteiger charge is 2.18. The predicted molar refractivity (Wildman–Crippen MR) is 79.2 cm³/mol. The third-order valence-corrected chi connectivity index (χ3v) is 2.75. The average Bonchev–Trinajstić information content (AvgIpc) is 2.50. The Morgan fingerprint density at radius 1 is 0.864 bits per heavy atom. The SMILES string of the molecule is CCOC(=O)Oc1ccc2ccccc2c1OC(=O)OCC. The Hall–Kier alpha value is -2.76. The summed E-state index contributed by atoms with van der Waals surface area (Å²) < 4.78 is 19.8. The second-order valence-electron chi connectivity index (χ2n) is 4.18. The van der Waals surface area contributed by atoms with Crippen LogP contribution in [0.5, 0.6) is 11.5 Å². The van der Waals surface area contributed by atoms with Gasteiger partial charge >= 0.3 is 12.3 Å². The molecule has 116 valence electrons. The quantitative estimate of drug-likeness (QED) is 0.630. The molecule has 0 aliphatic carbocycles. The number of hydrogen-bond acceptors (Lipinski definition) is 6. The van der Waals surface area contributed by atoms with Crippen molar-refractivity contribution in [3.63, 3.8) is 0 Å². The van der Waals surface area contributed by atoms with Gasteiger partial charge in [0.1, 0.15) is 0 Å². The molecule has 0 unspecified atom stereocenters. The topological polar surface area (TPSA) is 71.1 Å². The molecule has 0 saturated heterocycles. The van der Waals surface area contributed by atoms with Crippen molar-refractivity contribution in [1.82, 2.24) is 0 Å². The van der Waals surface area contributed by atoms with Crippen molar-refractivity contribution in [3.05, 3.63) is 36.4 Å². The first-order chi connectivity index (χ1) is 10.7. The Kier molecular flexibility index (Phi) is 5.19. The molecule has 0 saturated carbocycles. The number of rotatable bonds is 4. The zero-order chi connectivity index (χ0) is 15.9. The summed E-state index contributed by atoms with van der Waals surface area (Å²) in [4.78, 5) is 23.1. The second-order valence-corrected chi connectivity index (χ2v) is 4.18. The molecule has 2 rings (SSSR count). The molecule has 6 nitrogen and oxygen atoms in total. The van der Waals surface area contributed by atoms with Crippen LogP contribution < -0.4 is 9.47 Å². The van der Waals surface area contributed by atoms with Crippen LogP contribution in [-0.4, -0.2) is 25.5 Å². The molecule has 0 spiro atoms. The number of fused-ring (bicyclic) bond motifs is 1. The smallest absolute Gasteiger partial charge is 0.434 e. The van der Waals surface area contributed by atoms with E-state index in [2.05, 4.69) is 0 Å². The average molecular weight is 304 g/mol. The lowest BCUT2D eigenvalue weighted by atomic mass is 10.1. The van der Waals surface area contributed by atoms with Crippen LogP contribution in [0.2, 0.25) is 0 Å². The standard InChI is InChI=1S/C16H16O6/c1-3-19-15(17)21-13-10-9-11-7-5-6-8-12(11)14(13)22-16(18)20-4-2/h5-10H,3-4H2,1-2H3. The summed E-state index contributed by atoms with van der Waals surface area (Å²) in [6.45, 7) is 3.69. The van der Waals surface area contributed by atoms with Crippen molar-refractivity contribution in [1.29, 1.82) is 0 Å². The van der Waals surface area contributed by atoms with E-state index in [1.54, 1.807) is 32.0 Å². The largest absolute Gasteiger partial charge is 0.513 e. The van der Waals surface area contributed by atoms with Gasteiger partial charge in [-0.1, -0.05) is 30.3 Å². The van der Waals surface area contributed by atoms with Crippen molar-refractivity contribution < 1.29 is 28.5 Å². The lowest BCUT2D eigenvalue weighted by Gasteiger charge is -2.12. The van der Waals surface area contributed by atoms with Crippen LogP contribution in [0.1, 0.15) is 13.8 Å². The lowest BCUT2D eigenvalue weighted by Crippen LogP contribution is -2.14. The van der Waals surface area contributed by atoms with Gasteiger partial charge in [0.15, 0.2) is 11.5 Å². The van der Waals surface area contributed by atoms with Crippen LogP contribution in [0, 0.1) is 0 Å². The van der Waals surface area contributed by atoms with Gasteiger partial charge in [-0.05, 0) is 25.3 Å². The van der Waals surface area contributed by atoms with E-state index in [0.717, 1.165) is 5.39 Å². The molecule has 2 aromatic carbocycles. The second kappa shape index (κ2) is 7.31. The van der Waals surface area contributed by atoms with E-state index in [9.17, 15) is 9.59 Å². The Labute approximate surface area is 127 Å². The third kappa shape index (κ3) is 3.66. The molecule has 0 aliphatic heterocycles. The molecule has 2 aromatic rings. The lowest BCUT2D eigenvalue weighted by molar-refractivity contribution is 0.0944. The number of hydrogen-bond donors (Lipinski definition) is 0. The molecule has 0 aliphatic rings. The first-order valence-electron chi connectivity index (χ1n) is 6.86. The fourth-order valence-corrected chi connectivity index (χ4v) is 1.88. The number of carbonyl (C=O) groups is 2. The maximum atomic E-state index is 11.6. The Balaban J connectivity index is 2.41. The minimum Gasteiger partial charge on any atom is -0.434 e. The zero-order valence-corrected chi connectivity index (χ0v) is 12.3. The van der Waals surface area contributed by atoms with E-state index in [4.69, 9.17) is 18.9 Å². The normalized spacial score (nSPS) is 10.1. The van der Waals surface area contributed by atoms with Gasteiger partial charge < -0.3 is 18.9 Å². The number of ether oxygens (including phenoxy) is 4. The van der Waals surface area contributed by atoms with Crippen molar-refractivity contribution in [2.45, 2.75) is 13.8 Å². The first-order valence-corrected chi connectivity index (χ1v) is 6.86. The van der Waals surface area contributed by atoms with Gasteiger partial charge in [0.25, 0.3) is 0 Å². The van der Waals surface area contributed by atoms with Crippen molar-refractivity contribution in [3.8, 4) is 11.5 Å². The van der Waals surface area contributed by atoms with Crippen LogP contribution in [0.15, 0.2) is 36.4 Å². The third-order valence-electron chi connectivity index (χ3n) is 2.75. The van der Waals surface area contributed by atoms with Gasteiger partial charge in [-0.25, -0.2) is 9.59 Å². The molecule has 0 heterocycles. The van der Waals surface area contributed by atoms with Crippen LogP contribution >= 0.6 is 0 Å². The highest BCUT2D eigenvalue weighted by molar-refractivity contribution is 5.92. The molecule has 22 heavy (non-hydrogen) atoms. The van der Waals surface area contributed by atoms with Gasteiger partial charge in [0.05, 0.1) is 13.2 Å². The zero-order valence-electron chi connectivity index (χ0n) is 12.3. The Morgan fingerprint density at radius 3 is 2.18 bits per heavy atom. The first kappa shape index (κ1) is 15.6. The fourth-order valence-electron chi connectivity index (χ4n) is 1.88.